The van der Waals surface area contributed by atoms with Gasteiger partial charge in [0.2, 0.25) is 5.91 Å². The number of hydrogen-bond donors (Lipinski definition) is 3. The number of carbonyl (C=O) groups is 4. The van der Waals surface area contributed by atoms with Crippen LogP contribution < -0.4 is 10.6 Å². The highest BCUT2D eigenvalue weighted by atomic mass is 16.4. The fourth-order valence-corrected chi connectivity index (χ4v) is 3.20. The van der Waals surface area contributed by atoms with Crippen molar-refractivity contribution in [2.75, 3.05) is 6.54 Å². The molecule has 2 aliphatic rings. The van der Waals surface area contributed by atoms with Crippen molar-refractivity contribution in [1.82, 2.24) is 15.5 Å². The standard InChI is InChI=1S/C16H25N3O5/c1-16(2)14(23)19(15(24)18-16)9-3-4-12(20)17-11-7-5-10(6-8-11)13(21)22/h10-11H,3-9H2,1-2H3,(H,17,20)(H,18,24)(H,21,22). The number of nitrogens with one attached hydrogen (secondary N) is 2. The van der Waals surface area contributed by atoms with Gasteiger partial charge in [0.25, 0.3) is 5.91 Å². The largest absolute Gasteiger partial charge is 0.481 e. The third-order valence-electron chi connectivity index (χ3n) is 4.67. The molecule has 0 radical (unpaired) electrons. The molecule has 3 N–H and O–H groups in total. The van der Waals surface area contributed by atoms with E-state index in [0.717, 1.165) is 4.90 Å². The van der Waals surface area contributed by atoms with Gasteiger partial charge in [0, 0.05) is 19.0 Å². The van der Waals surface area contributed by atoms with Crippen LogP contribution in [0.25, 0.3) is 0 Å². The van der Waals surface area contributed by atoms with Gasteiger partial charge in [-0.15, -0.1) is 0 Å². The van der Waals surface area contributed by atoms with Gasteiger partial charge < -0.3 is 15.7 Å². The van der Waals surface area contributed by atoms with Crippen LogP contribution in [0.5, 0.6) is 0 Å². The van der Waals surface area contributed by atoms with Crippen LogP contribution in [0.4, 0.5) is 4.79 Å². The zero-order valence-electron chi connectivity index (χ0n) is 14.1. The van der Waals surface area contributed by atoms with E-state index in [2.05, 4.69) is 10.6 Å². The fourth-order valence-electron chi connectivity index (χ4n) is 3.20. The van der Waals surface area contributed by atoms with E-state index in [1.54, 1.807) is 13.8 Å². The molecule has 8 nitrogen and oxygen atoms in total. The van der Waals surface area contributed by atoms with Crippen molar-refractivity contribution in [3.05, 3.63) is 0 Å². The lowest BCUT2D eigenvalue weighted by atomic mass is 9.86. The molecule has 0 aromatic carbocycles. The van der Waals surface area contributed by atoms with Gasteiger partial charge >= 0.3 is 12.0 Å². The van der Waals surface area contributed by atoms with Crippen molar-refractivity contribution in [3.63, 3.8) is 0 Å². The van der Waals surface area contributed by atoms with E-state index < -0.39 is 17.5 Å². The second kappa shape index (κ2) is 7.19. The molecule has 8 heteroatoms. The van der Waals surface area contributed by atoms with Gasteiger partial charge in [-0.3, -0.25) is 19.3 Å². The van der Waals surface area contributed by atoms with Gasteiger partial charge in [-0.25, -0.2) is 4.79 Å². The summed E-state index contributed by atoms with van der Waals surface area (Å²) < 4.78 is 0. The Kier molecular flexibility index (Phi) is 5.46. The van der Waals surface area contributed by atoms with Crippen LogP contribution in [0.1, 0.15) is 52.4 Å². The molecular formula is C16H25N3O5. The molecule has 0 aromatic rings. The first kappa shape index (κ1) is 18.2. The van der Waals surface area contributed by atoms with Crippen LogP contribution in [0.15, 0.2) is 0 Å². The summed E-state index contributed by atoms with van der Waals surface area (Å²) in [5.74, 6) is -1.47. The second-order valence-electron chi connectivity index (χ2n) is 7.07. The summed E-state index contributed by atoms with van der Waals surface area (Å²) in [6, 6.07) is -0.402. The summed E-state index contributed by atoms with van der Waals surface area (Å²) in [5, 5.41) is 14.5. The molecule has 1 aliphatic heterocycles. The maximum atomic E-state index is 12.0. The van der Waals surface area contributed by atoms with Crippen molar-refractivity contribution in [3.8, 4) is 0 Å². The number of aliphatic carboxylic acids is 1. The van der Waals surface area contributed by atoms with Gasteiger partial charge in [0.05, 0.1) is 5.92 Å². The molecule has 1 aliphatic carbocycles. The highest BCUT2D eigenvalue weighted by molar-refractivity contribution is 6.06. The van der Waals surface area contributed by atoms with Gasteiger partial charge in [-0.05, 0) is 46.0 Å². The Bertz CT molecular complexity index is 538. The predicted molar refractivity (Wildman–Crippen MR) is 85.1 cm³/mol. The Balaban J connectivity index is 1.68. The van der Waals surface area contributed by atoms with Crippen LogP contribution in [-0.2, 0) is 14.4 Å². The Morgan fingerprint density at radius 1 is 1.25 bits per heavy atom. The van der Waals surface area contributed by atoms with Gasteiger partial charge in [0.15, 0.2) is 0 Å². The van der Waals surface area contributed by atoms with Crippen molar-refractivity contribution >= 4 is 23.8 Å². The summed E-state index contributed by atoms with van der Waals surface area (Å²) >= 11 is 0. The van der Waals surface area contributed by atoms with E-state index in [9.17, 15) is 19.2 Å². The molecule has 2 rings (SSSR count). The summed E-state index contributed by atoms with van der Waals surface area (Å²) in [5.41, 5.74) is -0.887. The maximum absolute atomic E-state index is 12.0. The third-order valence-corrected chi connectivity index (χ3v) is 4.67. The molecule has 1 saturated carbocycles. The quantitative estimate of drug-likeness (QED) is 0.621. The molecule has 24 heavy (non-hydrogen) atoms. The summed E-state index contributed by atoms with van der Waals surface area (Å²) in [4.78, 5) is 47.7. The number of nitrogens with zero attached hydrogens (tertiary/aromatic N) is 1. The Labute approximate surface area is 141 Å². The average molecular weight is 339 g/mol. The highest BCUT2D eigenvalue weighted by Gasteiger charge is 2.43. The smallest absolute Gasteiger partial charge is 0.325 e. The molecule has 2 fully saturated rings. The van der Waals surface area contributed by atoms with E-state index in [1.165, 1.54) is 0 Å². The minimum Gasteiger partial charge on any atom is -0.481 e. The van der Waals surface area contributed by atoms with Crippen molar-refractivity contribution in [1.29, 1.82) is 0 Å². The first-order chi connectivity index (χ1) is 11.2. The normalized spacial score (nSPS) is 26.2. The fraction of sp³-hybridized carbons (Fsp3) is 0.750. The maximum Gasteiger partial charge on any atom is 0.325 e. The van der Waals surface area contributed by atoms with Crippen LogP contribution in [0, 0.1) is 5.92 Å². The number of rotatable bonds is 6. The molecular weight excluding hydrogens is 314 g/mol. The lowest BCUT2D eigenvalue weighted by Gasteiger charge is -2.26. The molecule has 0 unspecified atom stereocenters. The molecule has 1 saturated heterocycles. The Morgan fingerprint density at radius 3 is 2.38 bits per heavy atom. The molecule has 0 bridgehead atoms. The van der Waals surface area contributed by atoms with Crippen LogP contribution in [0.3, 0.4) is 0 Å². The van der Waals surface area contributed by atoms with E-state index >= 15 is 0 Å². The minimum absolute atomic E-state index is 0.0174. The monoisotopic (exact) mass is 339 g/mol. The highest BCUT2D eigenvalue weighted by Crippen LogP contribution is 2.24. The number of carbonyl (C=O) groups excluding carboxylic acids is 3. The van der Waals surface area contributed by atoms with E-state index in [-0.39, 0.29) is 36.7 Å². The zero-order chi connectivity index (χ0) is 17.9. The third kappa shape index (κ3) is 4.24. The molecule has 0 spiro atoms. The van der Waals surface area contributed by atoms with E-state index in [1.807, 2.05) is 0 Å². The van der Waals surface area contributed by atoms with Crippen LogP contribution >= 0.6 is 0 Å². The number of urea groups is 1. The second-order valence-corrected chi connectivity index (χ2v) is 7.07. The predicted octanol–water partition coefficient (Wildman–Crippen LogP) is 0.857. The van der Waals surface area contributed by atoms with Gasteiger partial charge in [-0.1, -0.05) is 0 Å². The molecule has 4 amide bonds. The molecule has 1 heterocycles. The number of imide groups is 1. The Morgan fingerprint density at radius 2 is 1.88 bits per heavy atom. The van der Waals surface area contributed by atoms with Crippen molar-refractivity contribution < 1.29 is 24.3 Å². The lowest BCUT2D eigenvalue weighted by Crippen LogP contribution is -2.40. The Hall–Kier alpha value is -2.12. The molecule has 0 aromatic heterocycles. The van der Waals surface area contributed by atoms with E-state index in [4.69, 9.17) is 5.11 Å². The lowest BCUT2D eigenvalue weighted by molar-refractivity contribution is -0.143. The summed E-state index contributed by atoms with van der Waals surface area (Å²) in [6.07, 6.45) is 3.14. The summed E-state index contributed by atoms with van der Waals surface area (Å²) in [6.45, 7) is 3.51. The van der Waals surface area contributed by atoms with Crippen molar-refractivity contribution in [2.45, 2.75) is 64.0 Å². The minimum atomic E-state index is -0.887. The number of hydrogen-bond acceptors (Lipinski definition) is 4. The zero-order valence-corrected chi connectivity index (χ0v) is 14.1. The van der Waals surface area contributed by atoms with Gasteiger partial charge in [-0.2, -0.15) is 0 Å². The SMILES string of the molecule is CC1(C)NC(=O)N(CCCC(=O)NC2CCC(C(=O)O)CC2)C1=O. The topological polar surface area (TPSA) is 116 Å². The number of amides is 4. The van der Waals surface area contributed by atoms with E-state index in [0.29, 0.717) is 32.1 Å². The molecule has 0 atom stereocenters. The van der Waals surface area contributed by atoms with Gasteiger partial charge in [0.1, 0.15) is 5.54 Å². The van der Waals surface area contributed by atoms with Crippen molar-refractivity contribution in [2.24, 2.45) is 5.92 Å². The number of carboxylic acids is 1. The number of carboxylic acid groups (broad SMARTS) is 1. The first-order valence-electron chi connectivity index (χ1n) is 8.37. The van der Waals surface area contributed by atoms with Crippen LogP contribution in [0.2, 0.25) is 0 Å². The van der Waals surface area contributed by atoms with Crippen LogP contribution in [-0.4, -0.2) is 51.9 Å². The average Bonchev–Trinajstić information content (AvgIpc) is 2.69. The first-order valence-corrected chi connectivity index (χ1v) is 8.37. The summed E-state index contributed by atoms with van der Waals surface area (Å²) in [7, 11) is 0. The molecule has 134 valence electrons.